The number of nitrogens with zero attached hydrogens (tertiary/aromatic N) is 3. The van der Waals surface area contributed by atoms with Crippen LogP contribution >= 0.6 is 0 Å². The molecule has 0 bridgehead atoms. The number of aromatic nitrogens is 2. The van der Waals surface area contributed by atoms with Crippen molar-refractivity contribution in [2.45, 2.75) is 26.8 Å². The Morgan fingerprint density at radius 2 is 1.89 bits per heavy atom. The minimum Gasteiger partial charge on any atom is -0.374 e. The van der Waals surface area contributed by atoms with E-state index in [1.807, 2.05) is 32.2 Å². The number of anilines is 2. The zero-order chi connectivity index (χ0) is 24.5. The molecule has 1 fully saturated rings. The SMILES string of the molecule is Cc1cc(C)c(CNC(=O)c2cc(-c3ccc(N4CCNCC4)nc3)cc3c2CCN3C)c(=O)[nH]1. The molecule has 0 spiro atoms. The monoisotopic (exact) mass is 472 g/mol. The van der Waals surface area contributed by atoms with Crippen molar-refractivity contribution in [2.24, 2.45) is 0 Å². The topological polar surface area (TPSA) is 93.4 Å². The van der Waals surface area contributed by atoms with E-state index >= 15 is 0 Å². The molecule has 1 amide bonds. The normalized spacial score (nSPS) is 15.3. The summed E-state index contributed by atoms with van der Waals surface area (Å²) in [4.78, 5) is 37.7. The van der Waals surface area contributed by atoms with Gasteiger partial charge in [-0.2, -0.15) is 0 Å². The first kappa shape index (κ1) is 23.1. The van der Waals surface area contributed by atoms with E-state index in [9.17, 15) is 9.59 Å². The summed E-state index contributed by atoms with van der Waals surface area (Å²) in [5.74, 6) is 0.813. The van der Waals surface area contributed by atoms with Crippen LogP contribution in [0.2, 0.25) is 0 Å². The quantitative estimate of drug-likeness (QED) is 0.528. The van der Waals surface area contributed by atoms with Gasteiger partial charge in [-0.25, -0.2) is 4.98 Å². The molecule has 5 rings (SSSR count). The van der Waals surface area contributed by atoms with Gasteiger partial charge in [0.1, 0.15) is 5.82 Å². The van der Waals surface area contributed by atoms with Crippen molar-refractivity contribution < 1.29 is 4.79 Å². The number of H-pyrrole nitrogens is 1. The second-order valence-corrected chi connectivity index (χ2v) is 9.46. The largest absolute Gasteiger partial charge is 0.374 e. The van der Waals surface area contributed by atoms with Crippen LogP contribution in [0.15, 0.2) is 41.3 Å². The van der Waals surface area contributed by atoms with Crippen molar-refractivity contribution >= 4 is 17.4 Å². The number of rotatable bonds is 5. The minimum atomic E-state index is -0.164. The zero-order valence-corrected chi connectivity index (χ0v) is 20.6. The van der Waals surface area contributed by atoms with Gasteiger partial charge in [0.05, 0.1) is 0 Å². The number of hydrogen-bond acceptors (Lipinski definition) is 6. The molecule has 2 aromatic heterocycles. The third-order valence-electron chi connectivity index (χ3n) is 7.02. The number of aromatic amines is 1. The van der Waals surface area contributed by atoms with E-state index in [4.69, 9.17) is 4.98 Å². The molecular weight excluding hydrogens is 440 g/mol. The molecule has 8 heteroatoms. The number of amides is 1. The highest BCUT2D eigenvalue weighted by molar-refractivity contribution is 5.99. The summed E-state index contributed by atoms with van der Waals surface area (Å²) in [6, 6.07) is 10.2. The lowest BCUT2D eigenvalue weighted by molar-refractivity contribution is 0.0950. The lowest BCUT2D eigenvalue weighted by Gasteiger charge is -2.28. The molecular formula is C27H32N6O2. The molecule has 0 aliphatic carbocycles. The van der Waals surface area contributed by atoms with Gasteiger partial charge in [-0.05, 0) is 67.3 Å². The van der Waals surface area contributed by atoms with E-state index in [1.54, 1.807) is 0 Å². The summed E-state index contributed by atoms with van der Waals surface area (Å²) in [6.45, 7) is 8.64. The van der Waals surface area contributed by atoms with E-state index in [0.717, 1.165) is 78.6 Å². The Morgan fingerprint density at radius 3 is 2.60 bits per heavy atom. The summed E-state index contributed by atoms with van der Waals surface area (Å²) < 4.78 is 0. The van der Waals surface area contributed by atoms with Crippen LogP contribution in [-0.2, 0) is 13.0 Å². The van der Waals surface area contributed by atoms with Gasteiger partial charge in [-0.1, -0.05) is 0 Å². The Bertz CT molecular complexity index is 1310. The Morgan fingerprint density at radius 1 is 1.09 bits per heavy atom. The molecule has 8 nitrogen and oxygen atoms in total. The van der Waals surface area contributed by atoms with Crippen molar-refractivity contribution in [3.05, 3.63) is 74.8 Å². The van der Waals surface area contributed by atoms with E-state index in [0.29, 0.717) is 11.1 Å². The highest BCUT2D eigenvalue weighted by Crippen LogP contribution is 2.35. The average Bonchev–Trinajstić information content (AvgIpc) is 3.24. The van der Waals surface area contributed by atoms with Crippen LogP contribution in [0.1, 0.15) is 32.7 Å². The third-order valence-corrected chi connectivity index (χ3v) is 7.02. The molecule has 0 radical (unpaired) electrons. The van der Waals surface area contributed by atoms with Gasteiger partial charge in [0.15, 0.2) is 0 Å². The molecule has 1 aromatic carbocycles. The number of carbonyl (C=O) groups excluding carboxylic acids is 1. The standard InChI is InChI=1S/C27H32N6O2/c1-17-12-18(2)31-27(35)23(17)16-30-26(34)22-13-20(14-24-21(22)6-9-32(24)3)19-4-5-25(29-15-19)33-10-7-28-8-11-33/h4-5,12-15,28H,6-11,16H2,1-3H3,(H,30,34)(H,31,35). The number of carbonyl (C=O) groups is 1. The van der Waals surface area contributed by atoms with Crippen LogP contribution in [0, 0.1) is 13.8 Å². The first-order chi connectivity index (χ1) is 16.9. The number of benzene rings is 1. The highest BCUT2D eigenvalue weighted by Gasteiger charge is 2.24. The van der Waals surface area contributed by atoms with Crippen LogP contribution < -0.4 is 26.0 Å². The van der Waals surface area contributed by atoms with E-state index in [2.05, 4.69) is 50.7 Å². The molecule has 2 aliphatic rings. The van der Waals surface area contributed by atoms with E-state index in [1.165, 1.54) is 0 Å². The maximum atomic E-state index is 13.3. The minimum absolute atomic E-state index is 0.155. The van der Waals surface area contributed by atoms with Gasteiger partial charge in [0.2, 0.25) is 0 Å². The fourth-order valence-corrected chi connectivity index (χ4v) is 5.03. The number of piperazine rings is 1. The first-order valence-electron chi connectivity index (χ1n) is 12.2. The van der Waals surface area contributed by atoms with Crippen molar-refractivity contribution in [1.82, 2.24) is 20.6 Å². The number of aryl methyl sites for hydroxylation is 2. The number of fused-ring (bicyclic) bond motifs is 1. The van der Waals surface area contributed by atoms with Crippen LogP contribution in [0.5, 0.6) is 0 Å². The van der Waals surface area contributed by atoms with Crippen LogP contribution in [0.3, 0.4) is 0 Å². The zero-order valence-electron chi connectivity index (χ0n) is 20.6. The lowest BCUT2D eigenvalue weighted by atomic mass is 9.97. The molecule has 182 valence electrons. The Balaban J connectivity index is 1.42. The number of likely N-dealkylation sites (N-methyl/N-ethyl adjacent to an activating group) is 1. The molecule has 35 heavy (non-hydrogen) atoms. The van der Waals surface area contributed by atoms with Crippen molar-refractivity contribution in [2.75, 3.05) is 49.6 Å². The van der Waals surface area contributed by atoms with Crippen molar-refractivity contribution in [1.29, 1.82) is 0 Å². The van der Waals surface area contributed by atoms with Gasteiger partial charge in [0.25, 0.3) is 11.5 Å². The predicted octanol–water partition coefficient (Wildman–Crippen LogP) is 2.39. The van der Waals surface area contributed by atoms with Gasteiger partial charge in [-0.3, -0.25) is 9.59 Å². The Kier molecular flexibility index (Phi) is 6.30. The van der Waals surface area contributed by atoms with Crippen LogP contribution in [0.25, 0.3) is 11.1 Å². The maximum Gasteiger partial charge on any atom is 0.253 e. The summed E-state index contributed by atoms with van der Waals surface area (Å²) in [7, 11) is 2.05. The van der Waals surface area contributed by atoms with Crippen LogP contribution in [0.4, 0.5) is 11.5 Å². The average molecular weight is 473 g/mol. The molecule has 2 aliphatic heterocycles. The third kappa shape index (κ3) is 4.66. The Hall–Kier alpha value is -3.65. The highest BCUT2D eigenvalue weighted by atomic mass is 16.1. The molecule has 3 N–H and O–H groups in total. The summed E-state index contributed by atoms with van der Waals surface area (Å²) in [5, 5.41) is 6.35. The number of pyridine rings is 2. The van der Waals surface area contributed by atoms with Crippen molar-refractivity contribution in [3.63, 3.8) is 0 Å². The smallest absolute Gasteiger partial charge is 0.253 e. The van der Waals surface area contributed by atoms with Gasteiger partial charge < -0.3 is 25.4 Å². The molecule has 0 unspecified atom stereocenters. The van der Waals surface area contributed by atoms with Crippen LogP contribution in [-0.4, -0.2) is 55.6 Å². The maximum absolute atomic E-state index is 13.3. The fourth-order valence-electron chi connectivity index (χ4n) is 5.03. The molecule has 1 saturated heterocycles. The molecule has 4 heterocycles. The summed E-state index contributed by atoms with van der Waals surface area (Å²) in [6.07, 6.45) is 2.71. The van der Waals surface area contributed by atoms with Gasteiger partial charge in [-0.15, -0.1) is 0 Å². The fraction of sp³-hybridized carbons (Fsp3) is 0.370. The number of hydrogen-bond donors (Lipinski definition) is 3. The molecule has 0 atom stereocenters. The predicted molar refractivity (Wildman–Crippen MR) is 139 cm³/mol. The van der Waals surface area contributed by atoms with Gasteiger partial charge >= 0.3 is 0 Å². The second-order valence-electron chi connectivity index (χ2n) is 9.46. The van der Waals surface area contributed by atoms with Crippen molar-refractivity contribution in [3.8, 4) is 11.1 Å². The van der Waals surface area contributed by atoms with E-state index in [-0.39, 0.29) is 18.0 Å². The molecule has 0 saturated carbocycles. The molecule has 3 aromatic rings. The Labute approximate surface area is 205 Å². The summed E-state index contributed by atoms with van der Waals surface area (Å²) >= 11 is 0. The second kappa shape index (κ2) is 9.54. The van der Waals surface area contributed by atoms with Gasteiger partial charge in [0, 0.05) is 80.6 Å². The first-order valence-corrected chi connectivity index (χ1v) is 12.2. The lowest BCUT2D eigenvalue weighted by Crippen LogP contribution is -2.43. The summed E-state index contributed by atoms with van der Waals surface area (Å²) in [5.41, 5.74) is 6.84. The number of nitrogens with one attached hydrogen (secondary N) is 3. The van der Waals surface area contributed by atoms with E-state index < -0.39 is 0 Å².